The molecule has 14 heavy (non-hydrogen) atoms. The van der Waals surface area contributed by atoms with Gasteiger partial charge in [-0.25, -0.2) is 4.79 Å². The number of hydrogen-bond donors (Lipinski definition) is 1. The van der Waals surface area contributed by atoms with Gasteiger partial charge in [0, 0.05) is 44.8 Å². The summed E-state index contributed by atoms with van der Waals surface area (Å²) in [5, 5.41) is 18.4. The predicted octanol–water partition coefficient (Wildman–Crippen LogP) is 1.65. The van der Waals surface area contributed by atoms with Gasteiger partial charge in [-0.3, -0.25) is 10.1 Å². The smallest absolute Gasteiger partial charge is 0.449 e. The van der Waals surface area contributed by atoms with Crippen LogP contribution in [0.2, 0.25) is 0 Å². The molecule has 1 N–H and O–H groups in total. The third kappa shape index (κ3) is 3.80. The summed E-state index contributed by atoms with van der Waals surface area (Å²) in [7, 11) is 0. The van der Waals surface area contributed by atoms with Crippen LogP contribution < -0.4 is 4.74 Å². The first-order valence-corrected chi connectivity index (χ1v) is 3.25. The molecular weight excluding hydrogens is 267 g/mol. The van der Waals surface area contributed by atoms with Crippen molar-refractivity contribution in [2.45, 2.75) is 0 Å². The van der Waals surface area contributed by atoms with Gasteiger partial charge in [-0.1, -0.05) is 0 Å². The van der Waals surface area contributed by atoms with E-state index in [1.807, 2.05) is 0 Å². The number of ether oxygens (including phenoxy) is 1. The van der Waals surface area contributed by atoms with Crippen molar-refractivity contribution in [3.63, 3.8) is 0 Å². The van der Waals surface area contributed by atoms with E-state index < -0.39 is 11.1 Å². The summed E-state index contributed by atoms with van der Waals surface area (Å²) in [6.07, 6.45) is -1.45. The molecule has 7 heteroatoms. The molecule has 1 radical (unpaired) electrons. The number of nitro benzene ring substituents is 1. The van der Waals surface area contributed by atoms with Gasteiger partial charge in [0.15, 0.2) is 0 Å². The summed E-state index contributed by atoms with van der Waals surface area (Å²) in [6.45, 7) is 0. The molecule has 1 aromatic rings. The van der Waals surface area contributed by atoms with Gasteiger partial charge in [0.05, 0.1) is 4.92 Å². The van der Waals surface area contributed by atoms with Crippen LogP contribution in [0.3, 0.4) is 0 Å². The summed E-state index contributed by atoms with van der Waals surface area (Å²) in [5.41, 5.74) is -0.113. The number of nitro groups is 1. The summed E-state index contributed by atoms with van der Waals surface area (Å²) in [4.78, 5) is 19.6. The summed E-state index contributed by atoms with van der Waals surface area (Å²) in [5.74, 6) is 0.0538. The Bertz CT molecular complexity index is 336. The second-order valence-corrected chi connectivity index (χ2v) is 2.12. The third-order valence-electron chi connectivity index (χ3n) is 1.25. The number of rotatable bonds is 2. The Labute approximate surface area is 104 Å². The molecule has 0 saturated heterocycles. The molecule has 0 aliphatic carbocycles. The van der Waals surface area contributed by atoms with Crippen LogP contribution in [-0.4, -0.2) is 16.2 Å². The van der Waals surface area contributed by atoms with E-state index >= 15 is 0 Å². The molecule has 0 aliphatic heterocycles. The van der Waals surface area contributed by atoms with E-state index in [4.69, 9.17) is 5.11 Å². The van der Waals surface area contributed by atoms with Crippen molar-refractivity contribution in [2.75, 3.05) is 0 Å². The van der Waals surface area contributed by atoms with Crippen molar-refractivity contribution in [1.82, 2.24) is 0 Å². The topological polar surface area (TPSA) is 89.7 Å². The minimum atomic E-state index is -1.45. The van der Waals surface area contributed by atoms with Gasteiger partial charge in [0.2, 0.25) is 0 Å². The maximum Gasteiger partial charge on any atom is 0.511 e. The quantitative estimate of drug-likeness (QED) is 0.382. The number of benzene rings is 1. The number of carboxylic acid groups (broad SMARTS) is 1. The minimum absolute atomic E-state index is 0. The van der Waals surface area contributed by atoms with E-state index in [-0.39, 0.29) is 44.1 Å². The van der Waals surface area contributed by atoms with Crippen molar-refractivity contribution in [3.8, 4) is 5.75 Å². The first-order chi connectivity index (χ1) is 6.09. The molecule has 0 bridgehead atoms. The fraction of sp³-hybridized carbons (Fsp3) is 0. The molecule has 0 amide bonds. The van der Waals surface area contributed by atoms with Crippen LogP contribution in [-0.2, 0) is 32.7 Å². The Kier molecular flexibility index (Phi) is 5.26. The molecule has 0 spiro atoms. The molecule has 0 unspecified atom stereocenters. The molecule has 0 heterocycles. The van der Waals surface area contributed by atoms with E-state index in [1.165, 1.54) is 12.1 Å². The Morgan fingerprint density at radius 1 is 1.36 bits per heavy atom. The van der Waals surface area contributed by atoms with Crippen molar-refractivity contribution in [2.24, 2.45) is 0 Å². The van der Waals surface area contributed by atoms with Gasteiger partial charge in [-0.05, 0) is 12.1 Å². The third-order valence-corrected chi connectivity index (χ3v) is 1.25. The molecule has 0 atom stereocenters. The average molecular weight is 272 g/mol. The molecule has 0 fully saturated rings. The summed E-state index contributed by atoms with van der Waals surface area (Å²) >= 11 is 0. The fourth-order valence-corrected chi connectivity index (χ4v) is 0.737. The Morgan fingerprint density at radius 2 is 1.86 bits per heavy atom. The number of non-ortho nitro benzene ring substituents is 1. The second kappa shape index (κ2) is 5.67. The van der Waals surface area contributed by atoms with Crippen LogP contribution in [0.25, 0.3) is 0 Å². The van der Waals surface area contributed by atoms with Gasteiger partial charge in [0.1, 0.15) is 5.75 Å². The average Bonchev–Trinajstić information content (AvgIpc) is 2.04. The number of nitrogens with zero attached hydrogens (tertiary/aromatic N) is 1. The molecule has 0 aliphatic rings. The van der Waals surface area contributed by atoms with Crippen molar-refractivity contribution >= 4 is 11.8 Å². The van der Waals surface area contributed by atoms with Gasteiger partial charge in [-0.15, -0.1) is 0 Å². The minimum Gasteiger partial charge on any atom is -0.449 e. The summed E-state index contributed by atoms with van der Waals surface area (Å²) < 4.78 is 4.24. The Hall–Kier alpha value is -1.01. The first-order valence-electron chi connectivity index (χ1n) is 3.25. The van der Waals surface area contributed by atoms with Gasteiger partial charge in [-0.2, -0.15) is 0 Å². The zero-order valence-electron chi connectivity index (χ0n) is 6.91. The standard InChI is InChI=1S/C7H5NO5.Y/c9-7(10)13-6-3-1-5(2-4-6)8(11)12;/h1-4H,(H,9,10);. The van der Waals surface area contributed by atoms with Crippen molar-refractivity contribution in [3.05, 3.63) is 34.4 Å². The molecule has 0 aromatic heterocycles. The molecule has 6 nitrogen and oxygen atoms in total. The number of carbonyl (C=O) groups is 1. The van der Waals surface area contributed by atoms with E-state index in [0.29, 0.717) is 0 Å². The zero-order valence-corrected chi connectivity index (χ0v) is 9.75. The molecule has 71 valence electrons. The molecular formula is C7H5NO5Y. The van der Waals surface area contributed by atoms with Crippen LogP contribution in [0.5, 0.6) is 5.75 Å². The van der Waals surface area contributed by atoms with E-state index in [1.54, 1.807) is 0 Å². The van der Waals surface area contributed by atoms with E-state index in [2.05, 4.69) is 4.74 Å². The van der Waals surface area contributed by atoms with Crippen LogP contribution in [0.4, 0.5) is 10.5 Å². The second-order valence-electron chi connectivity index (χ2n) is 2.12. The first kappa shape index (κ1) is 13.0. The largest absolute Gasteiger partial charge is 0.511 e. The monoisotopic (exact) mass is 272 g/mol. The van der Waals surface area contributed by atoms with Gasteiger partial charge in [0.25, 0.3) is 5.69 Å². The van der Waals surface area contributed by atoms with Crippen LogP contribution in [0.15, 0.2) is 24.3 Å². The normalized spacial score (nSPS) is 8.57. The maximum atomic E-state index is 10.2. The molecule has 1 aromatic carbocycles. The van der Waals surface area contributed by atoms with Crippen molar-refractivity contribution < 1.29 is 52.3 Å². The van der Waals surface area contributed by atoms with Crippen molar-refractivity contribution in [1.29, 1.82) is 0 Å². The SMILES string of the molecule is O=C(O)Oc1ccc([N+](=O)[O-])cc1.[Y]. The zero-order chi connectivity index (χ0) is 9.84. The molecule has 1 rings (SSSR count). The van der Waals surface area contributed by atoms with Crippen LogP contribution >= 0.6 is 0 Å². The maximum absolute atomic E-state index is 10.2. The van der Waals surface area contributed by atoms with Crippen LogP contribution in [0, 0.1) is 10.1 Å². The van der Waals surface area contributed by atoms with E-state index in [0.717, 1.165) is 12.1 Å². The molecule has 0 saturated carbocycles. The summed E-state index contributed by atoms with van der Waals surface area (Å²) in [6, 6.07) is 4.76. The number of hydrogen-bond acceptors (Lipinski definition) is 4. The van der Waals surface area contributed by atoms with Crippen LogP contribution in [0.1, 0.15) is 0 Å². The van der Waals surface area contributed by atoms with E-state index in [9.17, 15) is 14.9 Å². The fourth-order valence-electron chi connectivity index (χ4n) is 0.737. The predicted molar refractivity (Wildman–Crippen MR) is 41.7 cm³/mol. The van der Waals surface area contributed by atoms with Gasteiger partial charge >= 0.3 is 6.16 Å². The Morgan fingerprint density at radius 3 is 2.21 bits per heavy atom. The Balaban J connectivity index is 0.00000169. The van der Waals surface area contributed by atoms with Gasteiger partial charge < -0.3 is 9.84 Å².